The Bertz CT molecular complexity index is 559. The standard InChI is InChI=1S/C19H28N4.ClH/c1-3-22(2)19-10-9-18(15-21-19)16-23(14-12-20)13-11-17-7-5-4-6-8-17;/h4-10,15H,3,11-14,16,20H2,1-2H3;1H. The van der Waals surface area contributed by atoms with Crippen molar-refractivity contribution in [2.75, 3.05) is 38.1 Å². The van der Waals surface area contributed by atoms with Gasteiger partial charge >= 0.3 is 0 Å². The van der Waals surface area contributed by atoms with Crippen molar-refractivity contribution in [1.82, 2.24) is 9.88 Å². The minimum Gasteiger partial charge on any atom is -0.360 e. The Labute approximate surface area is 152 Å². The molecule has 1 heterocycles. The first-order chi connectivity index (χ1) is 11.2. The van der Waals surface area contributed by atoms with Gasteiger partial charge in [0, 0.05) is 46.0 Å². The van der Waals surface area contributed by atoms with Gasteiger partial charge in [-0.15, -0.1) is 12.4 Å². The van der Waals surface area contributed by atoms with E-state index in [1.165, 1.54) is 11.1 Å². The van der Waals surface area contributed by atoms with Gasteiger partial charge in [-0.25, -0.2) is 4.98 Å². The average Bonchev–Trinajstić information content (AvgIpc) is 2.61. The molecule has 0 amide bonds. The number of nitrogens with two attached hydrogens (primary N) is 1. The summed E-state index contributed by atoms with van der Waals surface area (Å²) >= 11 is 0. The maximum atomic E-state index is 5.77. The van der Waals surface area contributed by atoms with Gasteiger partial charge in [0.05, 0.1) is 0 Å². The zero-order chi connectivity index (χ0) is 16.5. The molecule has 0 spiro atoms. The van der Waals surface area contributed by atoms with E-state index in [0.29, 0.717) is 6.54 Å². The molecule has 5 heteroatoms. The highest BCUT2D eigenvalue weighted by Gasteiger charge is 2.07. The Kier molecular flexibility index (Phi) is 9.38. The number of halogens is 1. The fourth-order valence-electron chi connectivity index (χ4n) is 2.54. The van der Waals surface area contributed by atoms with Gasteiger partial charge in [-0.3, -0.25) is 4.90 Å². The molecule has 0 aliphatic carbocycles. The van der Waals surface area contributed by atoms with E-state index in [1.807, 2.05) is 6.20 Å². The van der Waals surface area contributed by atoms with E-state index >= 15 is 0 Å². The highest BCUT2D eigenvalue weighted by atomic mass is 35.5. The summed E-state index contributed by atoms with van der Waals surface area (Å²) in [5.74, 6) is 1.02. The van der Waals surface area contributed by atoms with Gasteiger partial charge in [0.2, 0.25) is 0 Å². The summed E-state index contributed by atoms with van der Waals surface area (Å²) in [7, 11) is 2.06. The summed E-state index contributed by atoms with van der Waals surface area (Å²) < 4.78 is 0. The van der Waals surface area contributed by atoms with Crippen LogP contribution in [0, 0.1) is 0 Å². The maximum Gasteiger partial charge on any atom is 0.128 e. The summed E-state index contributed by atoms with van der Waals surface area (Å²) in [6.07, 6.45) is 3.03. The van der Waals surface area contributed by atoms with Crippen molar-refractivity contribution >= 4 is 18.2 Å². The van der Waals surface area contributed by atoms with Crippen molar-refractivity contribution in [3.05, 3.63) is 59.8 Å². The topological polar surface area (TPSA) is 45.4 Å². The molecule has 0 fully saturated rings. The van der Waals surface area contributed by atoms with Crippen LogP contribution in [0.3, 0.4) is 0 Å². The number of anilines is 1. The summed E-state index contributed by atoms with van der Waals surface area (Å²) in [6, 6.07) is 14.9. The molecule has 24 heavy (non-hydrogen) atoms. The lowest BCUT2D eigenvalue weighted by Gasteiger charge is -2.22. The predicted octanol–water partition coefficient (Wildman–Crippen LogP) is 2.96. The van der Waals surface area contributed by atoms with Gasteiger partial charge in [-0.05, 0) is 30.5 Å². The summed E-state index contributed by atoms with van der Waals surface area (Å²) in [4.78, 5) is 9.08. The third-order valence-electron chi connectivity index (χ3n) is 4.09. The van der Waals surface area contributed by atoms with Crippen molar-refractivity contribution < 1.29 is 0 Å². The molecule has 0 saturated heterocycles. The van der Waals surface area contributed by atoms with E-state index in [9.17, 15) is 0 Å². The molecule has 132 valence electrons. The SMILES string of the molecule is CCN(C)c1ccc(CN(CCN)CCc2ccccc2)cn1.Cl. The molecule has 0 aliphatic heterocycles. The van der Waals surface area contributed by atoms with Crippen LogP contribution in [-0.2, 0) is 13.0 Å². The molecule has 0 unspecified atom stereocenters. The first-order valence-corrected chi connectivity index (χ1v) is 8.35. The Morgan fingerprint density at radius 3 is 2.33 bits per heavy atom. The van der Waals surface area contributed by atoms with Gasteiger partial charge in [0.15, 0.2) is 0 Å². The minimum absolute atomic E-state index is 0. The molecule has 2 rings (SSSR count). The minimum atomic E-state index is 0. The molecule has 2 N–H and O–H groups in total. The molecule has 1 aromatic carbocycles. The fourth-order valence-corrected chi connectivity index (χ4v) is 2.54. The number of rotatable bonds is 9. The van der Waals surface area contributed by atoms with Gasteiger partial charge < -0.3 is 10.6 Å². The van der Waals surface area contributed by atoms with Crippen molar-refractivity contribution in [2.24, 2.45) is 5.73 Å². The van der Waals surface area contributed by atoms with Crippen molar-refractivity contribution in [1.29, 1.82) is 0 Å². The Morgan fingerprint density at radius 2 is 1.75 bits per heavy atom. The van der Waals surface area contributed by atoms with Crippen LogP contribution in [0.2, 0.25) is 0 Å². The second kappa shape index (κ2) is 11.0. The fraction of sp³-hybridized carbons (Fsp3) is 0.421. The highest BCUT2D eigenvalue weighted by Crippen LogP contribution is 2.11. The molecule has 0 atom stereocenters. The van der Waals surface area contributed by atoms with E-state index in [0.717, 1.165) is 38.4 Å². The molecule has 0 radical (unpaired) electrons. The molecule has 2 aromatic rings. The third kappa shape index (κ3) is 6.48. The largest absolute Gasteiger partial charge is 0.360 e. The second-order valence-electron chi connectivity index (χ2n) is 5.84. The number of aromatic nitrogens is 1. The molecule has 4 nitrogen and oxygen atoms in total. The van der Waals surface area contributed by atoms with Crippen LogP contribution in [-0.4, -0.2) is 43.1 Å². The van der Waals surface area contributed by atoms with Crippen LogP contribution in [0.1, 0.15) is 18.1 Å². The monoisotopic (exact) mass is 348 g/mol. The second-order valence-corrected chi connectivity index (χ2v) is 5.84. The average molecular weight is 349 g/mol. The number of nitrogens with zero attached hydrogens (tertiary/aromatic N) is 3. The molecule has 0 saturated carbocycles. The van der Waals surface area contributed by atoms with E-state index in [2.05, 4.69) is 71.2 Å². The molecule has 0 aliphatic rings. The molecule has 0 bridgehead atoms. The zero-order valence-corrected chi connectivity index (χ0v) is 15.5. The normalized spacial score (nSPS) is 10.5. The van der Waals surface area contributed by atoms with Gasteiger partial charge in [0.25, 0.3) is 0 Å². The van der Waals surface area contributed by atoms with Crippen LogP contribution in [0.25, 0.3) is 0 Å². The van der Waals surface area contributed by atoms with Crippen LogP contribution < -0.4 is 10.6 Å². The first-order valence-electron chi connectivity index (χ1n) is 8.35. The van der Waals surface area contributed by atoms with E-state index in [4.69, 9.17) is 5.73 Å². The number of hydrogen-bond donors (Lipinski definition) is 1. The zero-order valence-electron chi connectivity index (χ0n) is 14.7. The molecular formula is C19H29ClN4. The molecule has 1 aromatic heterocycles. The lowest BCUT2D eigenvalue weighted by molar-refractivity contribution is 0.276. The number of hydrogen-bond acceptors (Lipinski definition) is 4. The lowest BCUT2D eigenvalue weighted by atomic mass is 10.1. The summed E-state index contributed by atoms with van der Waals surface area (Å²) in [5, 5.41) is 0. The van der Waals surface area contributed by atoms with Gasteiger partial charge in [-0.2, -0.15) is 0 Å². The van der Waals surface area contributed by atoms with Crippen molar-refractivity contribution in [3.8, 4) is 0 Å². The summed E-state index contributed by atoms with van der Waals surface area (Å²) in [5.41, 5.74) is 8.37. The predicted molar refractivity (Wildman–Crippen MR) is 105 cm³/mol. The van der Waals surface area contributed by atoms with Crippen LogP contribution >= 0.6 is 12.4 Å². The Hall–Kier alpha value is -1.62. The van der Waals surface area contributed by atoms with Crippen LogP contribution in [0.5, 0.6) is 0 Å². The van der Waals surface area contributed by atoms with E-state index < -0.39 is 0 Å². The quantitative estimate of drug-likeness (QED) is 0.756. The summed E-state index contributed by atoms with van der Waals surface area (Å²) in [6.45, 7) is 6.58. The third-order valence-corrected chi connectivity index (χ3v) is 4.09. The smallest absolute Gasteiger partial charge is 0.128 e. The van der Waals surface area contributed by atoms with Crippen molar-refractivity contribution in [3.63, 3.8) is 0 Å². The maximum absolute atomic E-state index is 5.77. The lowest BCUT2D eigenvalue weighted by Crippen LogP contribution is -2.31. The number of benzene rings is 1. The van der Waals surface area contributed by atoms with Crippen molar-refractivity contribution in [2.45, 2.75) is 19.9 Å². The van der Waals surface area contributed by atoms with E-state index in [-0.39, 0.29) is 12.4 Å². The first kappa shape index (κ1) is 20.4. The molecular weight excluding hydrogens is 320 g/mol. The highest BCUT2D eigenvalue weighted by molar-refractivity contribution is 5.85. The van der Waals surface area contributed by atoms with Gasteiger partial charge in [0.1, 0.15) is 5.82 Å². The Morgan fingerprint density at radius 1 is 1.00 bits per heavy atom. The van der Waals surface area contributed by atoms with E-state index in [1.54, 1.807) is 0 Å². The Balaban J connectivity index is 0.00000288. The number of pyridine rings is 1. The van der Waals surface area contributed by atoms with Gasteiger partial charge in [-0.1, -0.05) is 36.4 Å². The van der Waals surface area contributed by atoms with Crippen LogP contribution in [0.15, 0.2) is 48.7 Å². The van der Waals surface area contributed by atoms with Crippen LogP contribution in [0.4, 0.5) is 5.82 Å².